The molecule has 0 heterocycles. The third-order valence-electron chi connectivity index (χ3n) is 3.02. The summed E-state index contributed by atoms with van der Waals surface area (Å²) in [6.45, 7) is 3.95. The predicted molar refractivity (Wildman–Crippen MR) is 88.9 cm³/mol. The van der Waals surface area contributed by atoms with Crippen LogP contribution in [0.5, 0.6) is 0 Å². The van der Waals surface area contributed by atoms with Gasteiger partial charge in [0.2, 0.25) is 0 Å². The number of amides is 1. The fourth-order valence-corrected chi connectivity index (χ4v) is 2.85. The average Bonchev–Trinajstić information content (AvgIpc) is 2.38. The Morgan fingerprint density at radius 1 is 1.05 bits per heavy atom. The average molecular weight is 397 g/mol. The highest BCUT2D eigenvalue weighted by atomic mass is 79.9. The molecule has 0 saturated heterocycles. The van der Waals surface area contributed by atoms with Crippen LogP contribution >= 0.6 is 31.9 Å². The molecule has 0 spiro atoms. The molecule has 0 aliphatic rings. The van der Waals surface area contributed by atoms with E-state index in [0.29, 0.717) is 5.56 Å². The standard InChI is InChI=1S/C16H15Br2NO/c1-10-7-13(9-15(18)8-10)16(20)19-11(2)12-3-5-14(17)6-4-12/h3-9,11H,1-2H3,(H,19,20)/t11-/m1/s1. The van der Waals surface area contributed by atoms with Gasteiger partial charge in [0.1, 0.15) is 0 Å². The second-order valence-electron chi connectivity index (χ2n) is 4.76. The largest absolute Gasteiger partial charge is 0.346 e. The molecule has 0 bridgehead atoms. The van der Waals surface area contributed by atoms with Gasteiger partial charge in [0.05, 0.1) is 6.04 Å². The lowest BCUT2D eigenvalue weighted by atomic mass is 10.1. The van der Waals surface area contributed by atoms with Crippen molar-refractivity contribution < 1.29 is 4.79 Å². The first kappa shape index (κ1) is 15.3. The van der Waals surface area contributed by atoms with Crippen molar-refractivity contribution in [3.63, 3.8) is 0 Å². The van der Waals surface area contributed by atoms with Crippen molar-refractivity contribution in [3.8, 4) is 0 Å². The minimum atomic E-state index is -0.0650. The van der Waals surface area contributed by atoms with Gasteiger partial charge in [0.25, 0.3) is 5.91 Å². The molecule has 2 nitrogen and oxygen atoms in total. The number of benzene rings is 2. The fraction of sp³-hybridized carbons (Fsp3) is 0.188. The maximum Gasteiger partial charge on any atom is 0.251 e. The summed E-state index contributed by atoms with van der Waals surface area (Å²) in [5.74, 6) is -0.0650. The lowest BCUT2D eigenvalue weighted by Crippen LogP contribution is -2.26. The molecule has 2 rings (SSSR count). The summed E-state index contributed by atoms with van der Waals surface area (Å²) in [4.78, 5) is 12.3. The molecule has 0 fully saturated rings. The highest BCUT2D eigenvalue weighted by Gasteiger charge is 2.12. The van der Waals surface area contributed by atoms with Crippen LogP contribution in [0.25, 0.3) is 0 Å². The molecule has 104 valence electrons. The number of nitrogens with one attached hydrogen (secondary N) is 1. The minimum Gasteiger partial charge on any atom is -0.346 e. The highest BCUT2D eigenvalue weighted by molar-refractivity contribution is 9.10. The number of hydrogen-bond donors (Lipinski definition) is 1. The van der Waals surface area contributed by atoms with Crippen molar-refractivity contribution in [2.45, 2.75) is 19.9 Å². The van der Waals surface area contributed by atoms with Crippen molar-refractivity contribution in [1.29, 1.82) is 0 Å². The van der Waals surface area contributed by atoms with Gasteiger partial charge in [-0.25, -0.2) is 0 Å². The maximum absolute atomic E-state index is 12.3. The van der Waals surface area contributed by atoms with Crippen molar-refractivity contribution in [2.24, 2.45) is 0 Å². The van der Waals surface area contributed by atoms with Crippen LogP contribution in [0.1, 0.15) is 34.5 Å². The Hall–Kier alpha value is -1.13. The van der Waals surface area contributed by atoms with Crippen LogP contribution in [-0.4, -0.2) is 5.91 Å². The van der Waals surface area contributed by atoms with Gasteiger partial charge >= 0.3 is 0 Å². The molecular weight excluding hydrogens is 382 g/mol. The third-order valence-corrected chi connectivity index (χ3v) is 4.01. The zero-order chi connectivity index (χ0) is 14.7. The van der Waals surface area contributed by atoms with Crippen molar-refractivity contribution in [2.75, 3.05) is 0 Å². The molecule has 0 unspecified atom stereocenters. The van der Waals surface area contributed by atoms with E-state index in [0.717, 1.165) is 20.1 Å². The lowest BCUT2D eigenvalue weighted by molar-refractivity contribution is 0.0939. The molecule has 0 aromatic heterocycles. The first-order valence-electron chi connectivity index (χ1n) is 6.29. The van der Waals surface area contributed by atoms with Crippen LogP contribution in [-0.2, 0) is 0 Å². The molecule has 1 atom stereocenters. The van der Waals surface area contributed by atoms with E-state index in [-0.39, 0.29) is 11.9 Å². The second-order valence-corrected chi connectivity index (χ2v) is 6.60. The van der Waals surface area contributed by atoms with Crippen LogP contribution in [0, 0.1) is 6.92 Å². The molecule has 0 saturated carbocycles. The van der Waals surface area contributed by atoms with Crippen LogP contribution in [0.2, 0.25) is 0 Å². The Morgan fingerprint density at radius 3 is 2.30 bits per heavy atom. The van der Waals surface area contributed by atoms with Crippen LogP contribution in [0.15, 0.2) is 51.4 Å². The summed E-state index contributed by atoms with van der Waals surface area (Å²) in [6, 6.07) is 13.6. The SMILES string of the molecule is Cc1cc(Br)cc(C(=O)N[C@H](C)c2ccc(Br)cc2)c1. The van der Waals surface area contributed by atoms with E-state index in [2.05, 4.69) is 37.2 Å². The van der Waals surface area contributed by atoms with E-state index in [1.54, 1.807) is 0 Å². The number of hydrogen-bond acceptors (Lipinski definition) is 1. The first-order valence-corrected chi connectivity index (χ1v) is 7.88. The van der Waals surface area contributed by atoms with Gasteiger partial charge in [0, 0.05) is 14.5 Å². The van der Waals surface area contributed by atoms with Gasteiger partial charge in [-0.3, -0.25) is 4.79 Å². The predicted octanol–water partition coefficient (Wildman–Crippen LogP) is 5.01. The Balaban J connectivity index is 2.12. The Labute approximate surface area is 135 Å². The number of carbonyl (C=O) groups is 1. The maximum atomic E-state index is 12.3. The molecule has 0 aliphatic heterocycles. The molecular formula is C16H15Br2NO. The van der Waals surface area contributed by atoms with Crippen LogP contribution in [0.4, 0.5) is 0 Å². The van der Waals surface area contributed by atoms with E-state index in [9.17, 15) is 4.79 Å². The third kappa shape index (κ3) is 3.93. The van der Waals surface area contributed by atoms with E-state index in [1.807, 2.05) is 56.3 Å². The minimum absolute atomic E-state index is 0.0325. The summed E-state index contributed by atoms with van der Waals surface area (Å²) >= 11 is 6.82. The van der Waals surface area contributed by atoms with E-state index < -0.39 is 0 Å². The molecule has 4 heteroatoms. The van der Waals surface area contributed by atoms with Gasteiger partial charge in [0.15, 0.2) is 0 Å². The Kier molecular flexibility index (Phi) is 5.00. The number of rotatable bonds is 3. The Morgan fingerprint density at radius 2 is 1.70 bits per heavy atom. The molecule has 1 N–H and O–H groups in total. The van der Waals surface area contributed by atoms with E-state index in [1.165, 1.54) is 0 Å². The molecule has 20 heavy (non-hydrogen) atoms. The topological polar surface area (TPSA) is 29.1 Å². The molecule has 0 radical (unpaired) electrons. The van der Waals surface area contributed by atoms with Gasteiger partial charge in [-0.2, -0.15) is 0 Å². The highest BCUT2D eigenvalue weighted by Crippen LogP contribution is 2.19. The molecule has 2 aromatic rings. The normalized spacial score (nSPS) is 12.0. The monoisotopic (exact) mass is 395 g/mol. The van der Waals surface area contributed by atoms with Crippen LogP contribution in [0.3, 0.4) is 0 Å². The second kappa shape index (κ2) is 6.55. The fourth-order valence-electron chi connectivity index (χ4n) is 1.98. The number of aryl methyl sites for hydroxylation is 1. The van der Waals surface area contributed by atoms with Gasteiger partial charge in [-0.1, -0.05) is 44.0 Å². The van der Waals surface area contributed by atoms with Gasteiger partial charge in [-0.15, -0.1) is 0 Å². The van der Waals surface area contributed by atoms with Crippen LogP contribution < -0.4 is 5.32 Å². The van der Waals surface area contributed by atoms with Crippen molar-refractivity contribution in [3.05, 3.63) is 68.1 Å². The van der Waals surface area contributed by atoms with Gasteiger partial charge < -0.3 is 5.32 Å². The van der Waals surface area contributed by atoms with E-state index >= 15 is 0 Å². The zero-order valence-corrected chi connectivity index (χ0v) is 14.5. The van der Waals surface area contributed by atoms with Crippen molar-refractivity contribution in [1.82, 2.24) is 5.32 Å². The van der Waals surface area contributed by atoms with E-state index in [4.69, 9.17) is 0 Å². The summed E-state index contributed by atoms with van der Waals surface area (Å²) in [5, 5.41) is 3.01. The van der Waals surface area contributed by atoms with Gasteiger partial charge in [-0.05, 0) is 55.3 Å². The molecule has 1 amide bonds. The molecule has 2 aromatic carbocycles. The summed E-state index contributed by atoms with van der Waals surface area (Å²) in [6.07, 6.45) is 0. The van der Waals surface area contributed by atoms with Crippen molar-refractivity contribution >= 4 is 37.8 Å². The lowest BCUT2D eigenvalue weighted by Gasteiger charge is -2.15. The summed E-state index contributed by atoms with van der Waals surface area (Å²) < 4.78 is 1.95. The Bertz CT molecular complexity index is 603. The quantitative estimate of drug-likeness (QED) is 0.775. The smallest absolute Gasteiger partial charge is 0.251 e. The summed E-state index contributed by atoms with van der Waals surface area (Å²) in [5.41, 5.74) is 2.80. The molecule has 0 aliphatic carbocycles. The summed E-state index contributed by atoms with van der Waals surface area (Å²) in [7, 11) is 0. The zero-order valence-electron chi connectivity index (χ0n) is 11.3. The number of carbonyl (C=O) groups excluding carboxylic acids is 1. The number of halogens is 2. The first-order chi connectivity index (χ1) is 9.45.